The molecule has 0 saturated heterocycles. The summed E-state index contributed by atoms with van der Waals surface area (Å²) in [5.41, 5.74) is 0.959. The van der Waals surface area contributed by atoms with E-state index in [1.54, 1.807) is 24.9 Å². The van der Waals surface area contributed by atoms with E-state index in [-0.39, 0.29) is 5.82 Å². The van der Waals surface area contributed by atoms with Crippen LogP contribution in [0.1, 0.15) is 18.4 Å². The van der Waals surface area contributed by atoms with Crippen LogP contribution in [0.15, 0.2) is 28.1 Å². The van der Waals surface area contributed by atoms with Crippen molar-refractivity contribution in [2.75, 3.05) is 13.3 Å². The molecule has 1 aromatic rings. The Morgan fingerprint density at radius 3 is 2.89 bits per heavy atom. The Bertz CT molecular complexity index is 444. The van der Waals surface area contributed by atoms with Crippen molar-refractivity contribution in [2.24, 2.45) is 4.99 Å². The molecule has 1 aromatic carbocycles. The molecule has 0 spiro atoms. The molecule has 1 aliphatic carbocycles. The zero-order valence-electron chi connectivity index (χ0n) is 10.7. The number of guanidine groups is 1. The average molecular weight is 267 g/mol. The maximum Gasteiger partial charge on any atom is 0.191 e. The van der Waals surface area contributed by atoms with Crippen molar-refractivity contribution in [2.45, 2.75) is 30.3 Å². The highest BCUT2D eigenvalue weighted by Gasteiger charge is 2.22. The Balaban J connectivity index is 1.97. The van der Waals surface area contributed by atoms with Gasteiger partial charge in [-0.05, 0) is 42.9 Å². The standard InChI is InChI=1S/C13H18FN3S/c1-15-13(17-11-4-5-11)16-8-9-7-10(14)3-6-12(9)18-2/h3,6-7,11H,4-5,8H2,1-2H3,(H2,15,16,17). The first-order valence-electron chi connectivity index (χ1n) is 6.02. The summed E-state index contributed by atoms with van der Waals surface area (Å²) in [5.74, 6) is 0.587. The summed E-state index contributed by atoms with van der Waals surface area (Å²) >= 11 is 1.62. The van der Waals surface area contributed by atoms with Crippen molar-refractivity contribution in [1.82, 2.24) is 10.6 Å². The molecule has 18 heavy (non-hydrogen) atoms. The van der Waals surface area contributed by atoms with E-state index in [1.165, 1.54) is 18.9 Å². The molecule has 3 nitrogen and oxygen atoms in total. The predicted octanol–water partition coefficient (Wildman–Crippen LogP) is 2.38. The van der Waals surface area contributed by atoms with E-state index in [4.69, 9.17) is 0 Å². The van der Waals surface area contributed by atoms with Gasteiger partial charge < -0.3 is 10.6 Å². The van der Waals surface area contributed by atoms with Crippen LogP contribution in [0, 0.1) is 5.82 Å². The second-order valence-electron chi connectivity index (χ2n) is 4.30. The molecule has 0 unspecified atom stereocenters. The first-order chi connectivity index (χ1) is 8.72. The molecule has 0 amide bonds. The topological polar surface area (TPSA) is 36.4 Å². The second kappa shape index (κ2) is 6.09. The molecule has 0 atom stereocenters. The molecule has 0 heterocycles. The molecule has 98 valence electrons. The summed E-state index contributed by atoms with van der Waals surface area (Å²) in [7, 11) is 1.75. The van der Waals surface area contributed by atoms with Gasteiger partial charge in [-0.3, -0.25) is 4.99 Å². The van der Waals surface area contributed by atoms with Crippen LogP contribution in [0.25, 0.3) is 0 Å². The summed E-state index contributed by atoms with van der Waals surface area (Å²) in [5, 5.41) is 6.52. The Morgan fingerprint density at radius 2 is 2.28 bits per heavy atom. The lowest BCUT2D eigenvalue weighted by Crippen LogP contribution is -2.38. The highest BCUT2D eigenvalue weighted by Crippen LogP contribution is 2.21. The van der Waals surface area contributed by atoms with Gasteiger partial charge in [-0.2, -0.15) is 0 Å². The molecule has 1 fully saturated rings. The average Bonchev–Trinajstić information content (AvgIpc) is 3.18. The van der Waals surface area contributed by atoms with E-state index in [1.807, 2.05) is 12.3 Å². The van der Waals surface area contributed by atoms with Crippen LogP contribution < -0.4 is 10.6 Å². The largest absolute Gasteiger partial charge is 0.354 e. The fourth-order valence-electron chi connectivity index (χ4n) is 1.68. The number of thioether (sulfide) groups is 1. The molecule has 1 saturated carbocycles. The van der Waals surface area contributed by atoms with Gasteiger partial charge in [0.2, 0.25) is 0 Å². The van der Waals surface area contributed by atoms with Crippen molar-refractivity contribution < 1.29 is 4.39 Å². The van der Waals surface area contributed by atoms with Gasteiger partial charge in [0.15, 0.2) is 5.96 Å². The van der Waals surface area contributed by atoms with Crippen LogP contribution in [0.3, 0.4) is 0 Å². The fourth-order valence-corrected chi connectivity index (χ4v) is 2.28. The summed E-state index contributed by atoms with van der Waals surface area (Å²) in [6.07, 6.45) is 4.40. The summed E-state index contributed by atoms with van der Waals surface area (Å²) in [6.45, 7) is 0.584. The zero-order valence-corrected chi connectivity index (χ0v) is 11.5. The van der Waals surface area contributed by atoms with Gasteiger partial charge >= 0.3 is 0 Å². The number of rotatable bonds is 4. The van der Waals surface area contributed by atoms with Crippen LogP contribution in [-0.2, 0) is 6.54 Å². The number of aliphatic imine (C=N–C) groups is 1. The van der Waals surface area contributed by atoms with Gasteiger partial charge in [0.1, 0.15) is 5.82 Å². The predicted molar refractivity (Wildman–Crippen MR) is 74.5 cm³/mol. The van der Waals surface area contributed by atoms with Crippen LogP contribution >= 0.6 is 11.8 Å². The van der Waals surface area contributed by atoms with E-state index in [0.717, 1.165) is 16.4 Å². The van der Waals surface area contributed by atoms with Crippen LogP contribution in [0.2, 0.25) is 0 Å². The Hall–Kier alpha value is -1.23. The van der Waals surface area contributed by atoms with Gasteiger partial charge in [-0.1, -0.05) is 0 Å². The lowest BCUT2D eigenvalue weighted by atomic mass is 10.2. The third-order valence-corrected chi connectivity index (χ3v) is 3.67. The maximum atomic E-state index is 13.2. The first-order valence-corrected chi connectivity index (χ1v) is 7.25. The lowest BCUT2D eigenvalue weighted by Gasteiger charge is -2.13. The second-order valence-corrected chi connectivity index (χ2v) is 5.15. The Kier molecular flexibility index (Phi) is 4.47. The summed E-state index contributed by atoms with van der Waals surface area (Å²) in [6, 6.07) is 5.44. The van der Waals surface area contributed by atoms with Crippen LogP contribution in [0.4, 0.5) is 4.39 Å². The highest BCUT2D eigenvalue weighted by molar-refractivity contribution is 7.98. The molecule has 0 aliphatic heterocycles. The minimum atomic E-state index is -0.199. The molecular formula is C13H18FN3S. The molecule has 1 aliphatic rings. The molecule has 0 bridgehead atoms. The number of benzene rings is 1. The Labute approximate surface area is 111 Å². The van der Waals surface area contributed by atoms with Gasteiger partial charge in [0.05, 0.1) is 0 Å². The fraction of sp³-hybridized carbons (Fsp3) is 0.462. The van der Waals surface area contributed by atoms with E-state index in [2.05, 4.69) is 15.6 Å². The Morgan fingerprint density at radius 1 is 1.50 bits per heavy atom. The number of hydrogen-bond acceptors (Lipinski definition) is 2. The van der Waals surface area contributed by atoms with Crippen molar-refractivity contribution >= 4 is 17.7 Å². The minimum Gasteiger partial charge on any atom is -0.354 e. The van der Waals surface area contributed by atoms with Gasteiger partial charge in [-0.15, -0.1) is 11.8 Å². The van der Waals surface area contributed by atoms with Crippen LogP contribution in [-0.4, -0.2) is 25.3 Å². The molecule has 2 N–H and O–H groups in total. The number of hydrogen-bond donors (Lipinski definition) is 2. The third-order valence-electron chi connectivity index (χ3n) is 2.83. The van der Waals surface area contributed by atoms with Crippen LogP contribution in [0.5, 0.6) is 0 Å². The highest BCUT2D eigenvalue weighted by atomic mass is 32.2. The van der Waals surface area contributed by atoms with E-state index < -0.39 is 0 Å². The normalized spacial score (nSPS) is 15.6. The van der Waals surface area contributed by atoms with E-state index in [9.17, 15) is 4.39 Å². The summed E-state index contributed by atoms with van der Waals surface area (Å²) < 4.78 is 13.2. The first kappa shape index (κ1) is 13.2. The smallest absolute Gasteiger partial charge is 0.191 e. The van der Waals surface area contributed by atoms with Gasteiger partial charge in [0, 0.05) is 24.5 Å². The van der Waals surface area contributed by atoms with Crippen molar-refractivity contribution in [3.8, 4) is 0 Å². The number of nitrogens with one attached hydrogen (secondary N) is 2. The lowest BCUT2D eigenvalue weighted by molar-refractivity contribution is 0.622. The minimum absolute atomic E-state index is 0.199. The quantitative estimate of drug-likeness (QED) is 0.499. The van der Waals surface area contributed by atoms with E-state index in [0.29, 0.717) is 12.6 Å². The SMILES string of the molecule is CN=C(NCc1cc(F)ccc1SC)NC1CC1. The summed E-state index contributed by atoms with van der Waals surface area (Å²) in [4.78, 5) is 5.24. The molecule has 0 aromatic heterocycles. The molecular weight excluding hydrogens is 249 g/mol. The third kappa shape index (κ3) is 3.63. The number of halogens is 1. The van der Waals surface area contributed by atoms with Crippen molar-refractivity contribution in [3.05, 3.63) is 29.6 Å². The van der Waals surface area contributed by atoms with Gasteiger partial charge in [0.25, 0.3) is 0 Å². The number of nitrogens with zero attached hydrogens (tertiary/aromatic N) is 1. The molecule has 2 rings (SSSR count). The van der Waals surface area contributed by atoms with Crippen molar-refractivity contribution in [3.63, 3.8) is 0 Å². The van der Waals surface area contributed by atoms with Gasteiger partial charge in [-0.25, -0.2) is 4.39 Å². The molecule has 5 heteroatoms. The molecule has 0 radical (unpaired) electrons. The van der Waals surface area contributed by atoms with Crippen molar-refractivity contribution in [1.29, 1.82) is 0 Å². The van der Waals surface area contributed by atoms with E-state index >= 15 is 0 Å². The maximum absolute atomic E-state index is 13.2. The zero-order chi connectivity index (χ0) is 13.0. The monoisotopic (exact) mass is 267 g/mol.